The first-order valence-electron chi connectivity index (χ1n) is 7.81. The summed E-state index contributed by atoms with van der Waals surface area (Å²) in [5.41, 5.74) is 8.50. The summed E-state index contributed by atoms with van der Waals surface area (Å²) in [4.78, 5) is 7.05. The molecule has 0 atom stereocenters. The van der Waals surface area contributed by atoms with Gasteiger partial charge in [-0.1, -0.05) is 25.7 Å². The highest BCUT2D eigenvalue weighted by Crippen LogP contribution is 2.36. The summed E-state index contributed by atoms with van der Waals surface area (Å²) in [6, 6.07) is 3.53. The van der Waals surface area contributed by atoms with Crippen molar-refractivity contribution in [2.75, 3.05) is 4.90 Å². The molecule has 2 aliphatic carbocycles. The maximum absolute atomic E-state index is 5.93. The molecule has 5 heteroatoms. The lowest BCUT2D eigenvalue weighted by molar-refractivity contribution is 0.511. The van der Waals surface area contributed by atoms with E-state index in [1.54, 1.807) is 0 Å². The van der Waals surface area contributed by atoms with E-state index in [-0.39, 0.29) is 24.8 Å². The van der Waals surface area contributed by atoms with Gasteiger partial charge in [-0.3, -0.25) is 4.98 Å². The predicted octanol–water partition coefficient (Wildman–Crippen LogP) is 4.08. The van der Waals surface area contributed by atoms with Gasteiger partial charge < -0.3 is 10.6 Å². The van der Waals surface area contributed by atoms with E-state index < -0.39 is 0 Å². The largest absolute Gasteiger partial charge is 0.364 e. The molecule has 0 aliphatic heterocycles. The normalized spacial score (nSPS) is 19.1. The zero-order valence-electron chi connectivity index (χ0n) is 12.5. The summed E-state index contributed by atoms with van der Waals surface area (Å²) in [5, 5.41) is 0. The monoisotopic (exact) mass is 331 g/mol. The summed E-state index contributed by atoms with van der Waals surface area (Å²) in [6.07, 6.45) is 14.8. The average Bonchev–Trinajstić information content (AvgIpc) is 3.13. The van der Waals surface area contributed by atoms with Gasteiger partial charge >= 0.3 is 0 Å². The molecule has 0 radical (unpaired) electrons. The van der Waals surface area contributed by atoms with Gasteiger partial charge in [-0.2, -0.15) is 0 Å². The Kier molecular flexibility index (Phi) is 7.78. The number of hydrogen-bond donors (Lipinski definition) is 1. The first kappa shape index (κ1) is 18.5. The van der Waals surface area contributed by atoms with Gasteiger partial charge in [0.05, 0.1) is 11.9 Å². The lowest BCUT2D eigenvalue weighted by atomic mass is 10.1. The van der Waals surface area contributed by atoms with Crippen LogP contribution in [0, 0.1) is 0 Å². The fraction of sp³-hybridized carbons (Fsp3) is 0.688. The van der Waals surface area contributed by atoms with Gasteiger partial charge in [-0.15, -0.1) is 24.8 Å². The van der Waals surface area contributed by atoms with Gasteiger partial charge in [0.2, 0.25) is 0 Å². The van der Waals surface area contributed by atoms with E-state index >= 15 is 0 Å². The van der Waals surface area contributed by atoms with Crippen LogP contribution in [0.3, 0.4) is 0 Å². The Labute approximate surface area is 140 Å². The van der Waals surface area contributed by atoms with E-state index in [4.69, 9.17) is 5.73 Å². The fourth-order valence-electron chi connectivity index (χ4n) is 3.88. The molecule has 0 bridgehead atoms. The number of hydrogen-bond acceptors (Lipinski definition) is 3. The zero-order valence-corrected chi connectivity index (χ0v) is 14.2. The van der Waals surface area contributed by atoms with Crippen molar-refractivity contribution in [3.8, 4) is 0 Å². The molecule has 120 valence electrons. The second-order valence-electron chi connectivity index (χ2n) is 5.99. The van der Waals surface area contributed by atoms with Crippen LogP contribution in [0.25, 0.3) is 0 Å². The van der Waals surface area contributed by atoms with Crippen molar-refractivity contribution >= 4 is 30.5 Å². The lowest BCUT2D eigenvalue weighted by Gasteiger charge is -2.37. The SMILES string of the molecule is Cl.Cl.NCc1ccncc1N(C1CCCC1)C1CCCC1. The van der Waals surface area contributed by atoms with Crippen LogP contribution >= 0.6 is 24.8 Å². The maximum Gasteiger partial charge on any atom is 0.0603 e. The van der Waals surface area contributed by atoms with Gasteiger partial charge in [0.25, 0.3) is 0 Å². The Hall–Kier alpha value is -0.510. The number of rotatable bonds is 4. The molecule has 1 aromatic heterocycles. The first-order valence-corrected chi connectivity index (χ1v) is 7.81. The van der Waals surface area contributed by atoms with Gasteiger partial charge in [-0.05, 0) is 37.3 Å². The highest BCUT2D eigenvalue weighted by atomic mass is 35.5. The summed E-state index contributed by atoms with van der Waals surface area (Å²) in [5.74, 6) is 0. The molecule has 3 nitrogen and oxygen atoms in total. The Morgan fingerprint density at radius 2 is 1.52 bits per heavy atom. The number of halogens is 2. The van der Waals surface area contributed by atoms with E-state index in [2.05, 4.69) is 16.0 Å². The van der Waals surface area contributed by atoms with Crippen molar-refractivity contribution in [1.29, 1.82) is 0 Å². The molecule has 0 spiro atoms. The number of anilines is 1. The third-order valence-corrected chi connectivity index (χ3v) is 4.82. The van der Waals surface area contributed by atoms with Crippen LogP contribution in [0.15, 0.2) is 18.5 Å². The van der Waals surface area contributed by atoms with E-state index in [1.807, 2.05) is 12.4 Å². The van der Waals surface area contributed by atoms with Crippen molar-refractivity contribution in [3.63, 3.8) is 0 Å². The predicted molar refractivity (Wildman–Crippen MR) is 93.6 cm³/mol. The van der Waals surface area contributed by atoms with Gasteiger partial charge in [0, 0.05) is 24.8 Å². The maximum atomic E-state index is 5.93. The lowest BCUT2D eigenvalue weighted by Crippen LogP contribution is -2.41. The molecule has 0 aromatic carbocycles. The number of nitrogens with two attached hydrogens (primary N) is 1. The molecule has 3 rings (SSSR count). The van der Waals surface area contributed by atoms with E-state index in [9.17, 15) is 0 Å². The smallest absolute Gasteiger partial charge is 0.0603 e. The second-order valence-corrected chi connectivity index (χ2v) is 5.99. The molecule has 0 unspecified atom stereocenters. The first-order chi connectivity index (χ1) is 9.40. The van der Waals surface area contributed by atoms with Crippen LogP contribution in [0.1, 0.15) is 56.9 Å². The van der Waals surface area contributed by atoms with Gasteiger partial charge in [0.1, 0.15) is 0 Å². The van der Waals surface area contributed by atoms with Gasteiger partial charge in [-0.25, -0.2) is 0 Å². The number of nitrogens with zero attached hydrogens (tertiary/aromatic N) is 2. The third kappa shape index (κ3) is 4.02. The average molecular weight is 332 g/mol. The van der Waals surface area contributed by atoms with Crippen LogP contribution in [0.4, 0.5) is 5.69 Å². The topological polar surface area (TPSA) is 42.1 Å². The van der Waals surface area contributed by atoms with E-state index in [1.165, 1.54) is 62.6 Å². The highest BCUT2D eigenvalue weighted by Gasteiger charge is 2.31. The zero-order chi connectivity index (χ0) is 13.1. The second kappa shape index (κ2) is 8.82. The molecule has 21 heavy (non-hydrogen) atoms. The van der Waals surface area contributed by atoms with Crippen molar-refractivity contribution in [2.24, 2.45) is 5.73 Å². The molecule has 1 heterocycles. The minimum atomic E-state index is 0. The highest BCUT2D eigenvalue weighted by molar-refractivity contribution is 5.85. The van der Waals surface area contributed by atoms with E-state index in [0.717, 1.165) is 12.1 Å². The summed E-state index contributed by atoms with van der Waals surface area (Å²) >= 11 is 0. The Morgan fingerprint density at radius 3 is 2.00 bits per heavy atom. The Morgan fingerprint density at radius 1 is 1.00 bits per heavy atom. The van der Waals surface area contributed by atoms with E-state index in [0.29, 0.717) is 6.54 Å². The van der Waals surface area contributed by atoms with Crippen LogP contribution in [-0.4, -0.2) is 17.1 Å². The van der Waals surface area contributed by atoms with Crippen LogP contribution in [0.2, 0.25) is 0 Å². The van der Waals surface area contributed by atoms with Crippen molar-refractivity contribution in [3.05, 3.63) is 24.0 Å². The van der Waals surface area contributed by atoms with Crippen molar-refractivity contribution in [2.45, 2.75) is 70.0 Å². The molecule has 2 N–H and O–H groups in total. The minimum Gasteiger partial charge on any atom is -0.364 e. The van der Waals surface area contributed by atoms with Crippen LogP contribution < -0.4 is 10.6 Å². The summed E-state index contributed by atoms with van der Waals surface area (Å²) in [7, 11) is 0. The van der Waals surface area contributed by atoms with Crippen LogP contribution in [0.5, 0.6) is 0 Å². The fourth-order valence-corrected chi connectivity index (χ4v) is 3.88. The third-order valence-electron chi connectivity index (χ3n) is 4.82. The molecule has 2 aliphatic rings. The molecule has 1 aromatic rings. The quantitative estimate of drug-likeness (QED) is 0.903. The molecule has 0 amide bonds. The molecular weight excluding hydrogens is 305 g/mol. The Balaban J connectivity index is 0.00000110. The minimum absolute atomic E-state index is 0. The standard InChI is InChI=1S/C16H25N3.2ClH/c17-11-13-9-10-18-12-16(13)19(14-5-1-2-6-14)15-7-3-4-8-15;;/h9-10,12,14-15H,1-8,11,17H2;2*1H. The summed E-state index contributed by atoms with van der Waals surface area (Å²) in [6.45, 7) is 0.619. The summed E-state index contributed by atoms with van der Waals surface area (Å²) < 4.78 is 0. The number of aromatic nitrogens is 1. The molecule has 2 fully saturated rings. The van der Waals surface area contributed by atoms with Crippen molar-refractivity contribution in [1.82, 2.24) is 4.98 Å². The van der Waals surface area contributed by atoms with Gasteiger partial charge in [0.15, 0.2) is 0 Å². The molecule has 0 saturated heterocycles. The molecule has 2 saturated carbocycles. The molecular formula is C16H27Cl2N3. The number of pyridine rings is 1. The Bertz CT molecular complexity index is 400. The van der Waals surface area contributed by atoms with Crippen LogP contribution in [-0.2, 0) is 6.54 Å². The van der Waals surface area contributed by atoms with Crippen molar-refractivity contribution < 1.29 is 0 Å².